The summed E-state index contributed by atoms with van der Waals surface area (Å²) in [6.07, 6.45) is 1.99. The number of unbranched alkanes of at least 4 members (excludes halogenated alkanes) is 1. The molecule has 0 spiro atoms. The van der Waals surface area contributed by atoms with Crippen LogP contribution >= 0.6 is 0 Å². The second-order valence-corrected chi connectivity index (χ2v) is 3.63. The van der Waals surface area contributed by atoms with Crippen LogP contribution in [0.3, 0.4) is 0 Å². The minimum absolute atomic E-state index is 0. The number of carbonyl (C=O) groups is 1. The minimum atomic E-state index is -0.214. The maximum Gasteiger partial charge on any atom is 0.281 e. The van der Waals surface area contributed by atoms with Crippen LogP contribution in [0.4, 0.5) is 0 Å². The first-order valence-corrected chi connectivity index (χ1v) is 5.90. The van der Waals surface area contributed by atoms with Gasteiger partial charge in [-0.3, -0.25) is 4.79 Å². The SMILES string of the molecule is CCCCOC(=O)[c-]1cccc1.[Fe].[cH-]1[cH-][cH-][cH-][cH-]1. The van der Waals surface area contributed by atoms with E-state index in [1.165, 1.54) is 0 Å². The number of carbonyl (C=O) groups excluding carboxylic acids is 1. The molecule has 0 atom stereocenters. The van der Waals surface area contributed by atoms with Crippen LogP contribution in [0, 0.1) is 0 Å². The van der Waals surface area contributed by atoms with Gasteiger partial charge in [-0.1, -0.05) is 18.9 Å². The second kappa shape index (κ2) is 10.8. The average Bonchev–Trinajstić information content (AvgIpc) is 3.05. The molecule has 0 unspecified atom stereocenters. The van der Waals surface area contributed by atoms with E-state index in [4.69, 9.17) is 4.74 Å². The van der Waals surface area contributed by atoms with E-state index in [-0.39, 0.29) is 23.0 Å². The van der Waals surface area contributed by atoms with Gasteiger partial charge in [0.15, 0.2) is 0 Å². The third kappa shape index (κ3) is 7.10. The fraction of sp³-hybridized carbons (Fsp3) is 0.267. The summed E-state index contributed by atoms with van der Waals surface area (Å²) in [5.74, 6) is -0.214. The Labute approximate surface area is 119 Å². The molecular weight excluding hydrogens is 268 g/mol. The van der Waals surface area contributed by atoms with Gasteiger partial charge in [0.1, 0.15) is 0 Å². The van der Waals surface area contributed by atoms with Crippen molar-refractivity contribution in [1.29, 1.82) is 0 Å². The van der Waals surface area contributed by atoms with Crippen LogP contribution < -0.4 is 0 Å². The predicted octanol–water partition coefficient (Wildman–Crippen LogP) is 3.77. The van der Waals surface area contributed by atoms with Gasteiger partial charge in [0.05, 0.1) is 6.61 Å². The molecule has 0 N–H and O–H groups in total. The Bertz CT molecular complexity index is 359. The third-order valence-corrected chi connectivity index (χ3v) is 2.18. The zero-order valence-electron chi connectivity index (χ0n) is 10.5. The maximum atomic E-state index is 11.2. The van der Waals surface area contributed by atoms with Crippen molar-refractivity contribution in [2.24, 2.45) is 0 Å². The van der Waals surface area contributed by atoms with E-state index >= 15 is 0 Å². The molecule has 0 fully saturated rings. The Kier molecular flexibility index (Phi) is 10.0. The molecule has 0 aromatic heterocycles. The minimum Gasteiger partial charge on any atom is -0.748 e. The van der Waals surface area contributed by atoms with E-state index in [1.807, 2.05) is 42.5 Å². The Hall–Kier alpha value is -1.31. The number of hydrogen-bond acceptors (Lipinski definition) is 2. The Morgan fingerprint density at radius 1 is 1.11 bits per heavy atom. The number of ether oxygens (including phenoxy) is 1. The molecule has 0 aliphatic rings. The van der Waals surface area contributed by atoms with Crippen molar-refractivity contribution in [1.82, 2.24) is 0 Å². The largest absolute Gasteiger partial charge is 0.748 e. The summed E-state index contributed by atoms with van der Waals surface area (Å²) >= 11 is 0. The Morgan fingerprint density at radius 2 is 1.61 bits per heavy atom. The van der Waals surface area contributed by atoms with Gasteiger partial charge in [0, 0.05) is 17.1 Å². The molecule has 0 aliphatic heterocycles. The maximum absolute atomic E-state index is 11.2. The fourth-order valence-corrected chi connectivity index (χ4v) is 1.22. The van der Waals surface area contributed by atoms with Gasteiger partial charge in [-0.25, -0.2) is 12.1 Å². The van der Waals surface area contributed by atoms with Crippen molar-refractivity contribution >= 4 is 5.97 Å². The van der Waals surface area contributed by atoms with Crippen LogP contribution in [0.25, 0.3) is 0 Å². The van der Waals surface area contributed by atoms with E-state index in [0.717, 1.165) is 12.8 Å². The molecular formula is C15H18FeO2-6. The number of esters is 1. The monoisotopic (exact) mass is 286 g/mol. The van der Waals surface area contributed by atoms with Crippen molar-refractivity contribution in [2.45, 2.75) is 19.8 Å². The van der Waals surface area contributed by atoms with Gasteiger partial charge in [0.25, 0.3) is 5.97 Å². The summed E-state index contributed by atoms with van der Waals surface area (Å²) in [7, 11) is 0. The van der Waals surface area contributed by atoms with E-state index < -0.39 is 0 Å². The van der Waals surface area contributed by atoms with Crippen LogP contribution in [-0.2, 0) is 21.8 Å². The summed E-state index contributed by atoms with van der Waals surface area (Å²) < 4.78 is 4.99. The van der Waals surface area contributed by atoms with Crippen molar-refractivity contribution in [3.05, 3.63) is 60.2 Å². The molecule has 104 valence electrons. The number of hydrogen-bond donors (Lipinski definition) is 0. The molecule has 0 saturated heterocycles. The van der Waals surface area contributed by atoms with Crippen molar-refractivity contribution in [3.8, 4) is 0 Å². The summed E-state index contributed by atoms with van der Waals surface area (Å²) in [5.41, 5.74) is 0.645. The van der Waals surface area contributed by atoms with E-state index in [2.05, 4.69) is 6.92 Å². The molecule has 0 bridgehead atoms. The summed E-state index contributed by atoms with van der Waals surface area (Å²) in [6.45, 7) is 2.59. The quantitative estimate of drug-likeness (QED) is 0.370. The molecule has 3 heteroatoms. The van der Waals surface area contributed by atoms with Crippen molar-refractivity contribution in [3.63, 3.8) is 0 Å². The molecule has 0 radical (unpaired) electrons. The van der Waals surface area contributed by atoms with Crippen molar-refractivity contribution < 1.29 is 26.6 Å². The van der Waals surface area contributed by atoms with Gasteiger partial charge < -0.3 is 35.1 Å². The van der Waals surface area contributed by atoms with E-state index in [1.54, 1.807) is 12.1 Å². The number of rotatable bonds is 4. The molecule has 0 saturated carbocycles. The van der Waals surface area contributed by atoms with Gasteiger partial charge in [-0.2, -0.15) is 12.1 Å². The normalized spacial score (nSPS) is 8.72. The van der Waals surface area contributed by atoms with Gasteiger partial charge in [-0.05, 0) is 6.42 Å². The fourth-order valence-electron chi connectivity index (χ4n) is 1.22. The zero-order chi connectivity index (χ0) is 12.3. The molecule has 2 nitrogen and oxygen atoms in total. The smallest absolute Gasteiger partial charge is 0.281 e. The predicted molar refractivity (Wildman–Crippen MR) is 69.3 cm³/mol. The van der Waals surface area contributed by atoms with Gasteiger partial charge in [0.2, 0.25) is 0 Å². The zero-order valence-corrected chi connectivity index (χ0v) is 11.6. The third-order valence-electron chi connectivity index (χ3n) is 2.18. The molecule has 2 aromatic carbocycles. The Balaban J connectivity index is 0.000000405. The standard InChI is InChI=1S/C10H13O2.C5H5.Fe/c1-2-3-8-12-10(11)9-6-4-5-7-9;1-2-4-5-3-1;/h4-7H,2-3,8H2,1H3;1-5H;/q-1;-5;. The molecule has 0 amide bonds. The summed E-state index contributed by atoms with van der Waals surface area (Å²) in [4.78, 5) is 11.2. The summed E-state index contributed by atoms with van der Waals surface area (Å²) in [6, 6.07) is 17.2. The van der Waals surface area contributed by atoms with Crippen molar-refractivity contribution in [2.75, 3.05) is 6.61 Å². The van der Waals surface area contributed by atoms with Crippen LogP contribution in [0.2, 0.25) is 0 Å². The van der Waals surface area contributed by atoms with Crippen LogP contribution in [0.5, 0.6) is 0 Å². The first kappa shape index (κ1) is 16.7. The molecule has 18 heavy (non-hydrogen) atoms. The molecule has 0 aliphatic carbocycles. The summed E-state index contributed by atoms with van der Waals surface area (Å²) in [5, 5.41) is 0. The first-order valence-electron chi connectivity index (χ1n) is 5.90. The van der Waals surface area contributed by atoms with Crippen LogP contribution in [0.1, 0.15) is 30.1 Å². The van der Waals surface area contributed by atoms with Gasteiger partial charge in [-0.15, -0.1) is 0 Å². The van der Waals surface area contributed by atoms with Crippen LogP contribution in [-0.4, -0.2) is 12.6 Å². The first-order chi connectivity index (χ1) is 8.34. The average molecular weight is 286 g/mol. The van der Waals surface area contributed by atoms with E-state index in [0.29, 0.717) is 12.2 Å². The van der Waals surface area contributed by atoms with Gasteiger partial charge >= 0.3 is 0 Å². The van der Waals surface area contributed by atoms with Crippen LogP contribution in [0.15, 0.2) is 54.6 Å². The second-order valence-electron chi connectivity index (χ2n) is 3.63. The van der Waals surface area contributed by atoms with E-state index in [9.17, 15) is 4.79 Å². The molecule has 2 rings (SSSR count). The molecule has 0 heterocycles. The molecule has 2 aromatic rings. The Morgan fingerprint density at radius 3 is 2.06 bits per heavy atom. The topological polar surface area (TPSA) is 26.3 Å².